The first kappa shape index (κ1) is 9.66. The van der Waals surface area contributed by atoms with E-state index in [2.05, 4.69) is 0 Å². The molecule has 0 atom stereocenters. The molecule has 1 aromatic carbocycles. The van der Waals surface area contributed by atoms with E-state index in [1.165, 1.54) is 6.07 Å². The first-order valence-corrected chi connectivity index (χ1v) is 5.02. The molecule has 1 aliphatic carbocycles. The number of hydrogen-bond acceptors (Lipinski definition) is 1. The standard InChI is InChI=1S/C11H10ClFO/c12-9-3-1-2-8(11(9)13)6-10(14)7-4-5-7/h1-3,7H,4-6H2. The second-order valence-corrected chi connectivity index (χ2v) is 4.04. The maximum Gasteiger partial charge on any atom is 0.145 e. The Kier molecular flexibility index (Phi) is 2.55. The average Bonchev–Trinajstić information content (AvgIpc) is 2.95. The SMILES string of the molecule is O=C(Cc1cccc(Cl)c1F)C1CC1. The number of hydrogen-bond donors (Lipinski definition) is 0. The highest BCUT2D eigenvalue weighted by molar-refractivity contribution is 6.30. The molecule has 0 unspecified atom stereocenters. The molecule has 0 saturated heterocycles. The molecule has 1 saturated carbocycles. The zero-order chi connectivity index (χ0) is 10.1. The van der Waals surface area contributed by atoms with E-state index >= 15 is 0 Å². The molecule has 1 aromatic rings. The van der Waals surface area contributed by atoms with Gasteiger partial charge in [-0.1, -0.05) is 23.7 Å². The van der Waals surface area contributed by atoms with Crippen LogP contribution in [-0.4, -0.2) is 5.78 Å². The van der Waals surface area contributed by atoms with E-state index < -0.39 is 5.82 Å². The number of Topliss-reactive ketones (excluding diaryl/α,β-unsaturated/α-hetero) is 1. The van der Waals surface area contributed by atoms with Gasteiger partial charge in [-0.25, -0.2) is 4.39 Å². The van der Waals surface area contributed by atoms with Crippen LogP contribution in [0.3, 0.4) is 0 Å². The van der Waals surface area contributed by atoms with Crippen LogP contribution < -0.4 is 0 Å². The largest absolute Gasteiger partial charge is 0.299 e. The van der Waals surface area contributed by atoms with Crippen LogP contribution >= 0.6 is 11.6 Å². The lowest BCUT2D eigenvalue weighted by atomic mass is 10.1. The summed E-state index contributed by atoms with van der Waals surface area (Å²) in [6, 6.07) is 4.77. The molecule has 0 aliphatic heterocycles. The van der Waals surface area contributed by atoms with E-state index in [-0.39, 0.29) is 23.1 Å². The molecule has 0 N–H and O–H groups in total. The molecule has 1 fully saturated rings. The Morgan fingerprint density at radius 1 is 1.50 bits per heavy atom. The van der Waals surface area contributed by atoms with Crippen LogP contribution in [0, 0.1) is 11.7 Å². The summed E-state index contributed by atoms with van der Waals surface area (Å²) < 4.78 is 13.4. The third-order valence-corrected chi connectivity index (χ3v) is 2.72. The summed E-state index contributed by atoms with van der Waals surface area (Å²) >= 11 is 5.61. The summed E-state index contributed by atoms with van der Waals surface area (Å²) in [5.74, 6) is -0.150. The smallest absolute Gasteiger partial charge is 0.145 e. The van der Waals surface area contributed by atoms with Gasteiger partial charge >= 0.3 is 0 Å². The van der Waals surface area contributed by atoms with Crippen molar-refractivity contribution in [2.75, 3.05) is 0 Å². The van der Waals surface area contributed by atoms with Crippen molar-refractivity contribution in [2.24, 2.45) is 5.92 Å². The van der Waals surface area contributed by atoms with Crippen LogP contribution in [0.5, 0.6) is 0 Å². The van der Waals surface area contributed by atoms with Crippen LogP contribution in [0.4, 0.5) is 4.39 Å². The third kappa shape index (κ3) is 1.95. The Hall–Kier alpha value is -0.890. The fourth-order valence-corrected chi connectivity index (χ4v) is 1.62. The summed E-state index contributed by atoms with van der Waals surface area (Å²) in [6.07, 6.45) is 2.10. The fraction of sp³-hybridized carbons (Fsp3) is 0.364. The van der Waals surface area contributed by atoms with Crippen molar-refractivity contribution < 1.29 is 9.18 Å². The quantitative estimate of drug-likeness (QED) is 0.753. The van der Waals surface area contributed by atoms with Gasteiger partial charge in [0, 0.05) is 12.3 Å². The minimum Gasteiger partial charge on any atom is -0.299 e. The minimum atomic E-state index is -0.455. The predicted octanol–water partition coefficient (Wildman–Crippen LogP) is 3.00. The van der Waals surface area contributed by atoms with Crippen molar-refractivity contribution in [1.82, 2.24) is 0 Å². The Bertz CT molecular complexity index is 372. The molecule has 0 amide bonds. The molecule has 1 aliphatic rings. The molecule has 0 aromatic heterocycles. The molecule has 2 rings (SSSR count). The zero-order valence-corrected chi connectivity index (χ0v) is 8.35. The Morgan fingerprint density at radius 3 is 2.86 bits per heavy atom. The highest BCUT2D eigenvalue weighted by Crippen LogP contribution is 2.31. The van der Waals surface area contributed by atoms with Crippen LogP contribution in [0.1, 0.15) is 18.4 Å². The van der Waals surface area contributed by atoms with Crippen LogP contribution in [0.2, 0.25) is 5.02 Å². The Labute approximate surface area is 86.9 Å². The monoisotopic (exact) mass is 212 g/mol. The van der Waals surface area contributed by atoms with Gasteiger partial charge in [-0.05, 0) is 24.5 Å². The van der Waals surface area contributed by atoms with Gasteiger partial charge in [0.05, 0.1) is 5.02 Å². The zero-order valence-electron chi connectivity index (χ0n) is 7.59. The van der Waals surface area contributed by atoms with Gasteiger partial charge in [-0.2, -0.15) is 0 Å². The molecule has 1 nitrogen and oxygen atoms in total. The van der Waals surface area contributed by atoms with Crippen molar-refractivity contribution in [3.63, 3.8) is 0 Å². The van der Waals surface area contributed by atoms with Gasteiger partial charge in [-0.15, -0.1) is 0 Å². The van der Waals surface area contributed by atoms with Gasteiger partial charge < -0.3 is 0 Å². The first-order valence-electron chi connectivity index (χ1n) is 4.64. The summed E-state index contributed by atoms with van der Waals surface area (Å²) in [7, 11) is 0. The van der Waals surface area contributed by atoms with Gasteiger partial charge in [0.2, 0.25) is 0 Å². The summed E-state index contributed by atoms with van der Waals surface area (Å²) in [6.45, 7) is 0. The van der Waals surface area contributed by atoms with E-state index in [1.54, 1.807) is 12.1 Å². The number of benzene rings is 1. The maximum absolute atomic E-state index is 13.4. The summed E-state index contributed by atoms with van der Waals surface area (Å²) in [5.41, 5.74) is 0.411. The van der Waals surface area contributed by atoms with Gasteiger partial charge in [0.1, 0.15) is 11.6 Å². The molecule has 0 spiro atoms. The number of carbonyl (C=O) groups excluding carboxylic acids is 1. The van der Waals surface area contributed by atoms with E-state index in [0.29, 0.717) is 5.56 Å². The van der Waals surface area contributed by atoms with Gasteiger partial charge in [-0.3, -0.25) is 4.79 Å². The Morgan fingerprint density at radius 2 is 2.21 bits per heavy atom. The molecule has 0 bridgehead atoms. The maximum atomic E-state index is 13.4. The van der Waals surface area contributed by atoms with E-state index in [4.69, 9.17) is 11.6 Å². The van der Waals surface area contributed by atoms with Crippen LogP contribution in [-0.2, 0) is 11.2 Å². The lowest BCUT2D eigenvalue weighted by Crippen LogP contribution is -2.06. The predicted molar refractivity (Wildman–Crippen MR) is 52.8 cm³/mol. The Balaban J connectivity index is 2.15. The second kappa shape index (κ2) is 3.70. The van der Waals surface area contributed by atoms with Crippen molar-refractivity contribution in [3.05, 3.63) is 34.6 Å². The topological polar surface area (TPSA) is 17.1 Å². The number of ketones is 1. The average molecular weight is 213 g/mol. The molecule has 0 heterocycles. The van der Waals surface area contributed by atoms with E-state index in [1.807, 2.05) is 0 Å². The third-order valence-electron chi connectivity index (χ3n) is 2.43. The van der Waals surface area contributed by atoms with Crippen molar-refractivity contribution in [3.8, 4) is 0 Å². The minimum absolute atomic E-state index is 0.0890. The van der Waals surface area contributed by atoms with E-state index in [9.17, 15) is 9.18 Å². The molecule has 74 valence electrons. The van der Waals surface area contributed by atoms with Crippen molar-refractivity contribution >= 4 is 17.4 Å². The fourth-order valence-electron chi connectivity index (χ4n) is 1.42. The molecular weight excluding hydrogens is 203 g/mol. The molecule has 3 heteroatoms. The molecule has 14 heavy (non-hydrogen) atoms. The lowest BCUT2D eigenvalue weighted by Gasteiger charge is -2.02. The van der Waals surface area contributed by atoms with E-state index in [0.717, 1.165) is 12.8 Å². The number of carbonyl (C=O) groups is 1. The van der Waals surface area contributed by atoms with Gasteiger partial charge in [0.15, 0.2) is 0 Å². The highest BCUT2D eigenvalue weighted by Gasteiger charge is 2.29. The first-order chi connectivity index (χ1) is 6.68. The molecule has 0 radical (unpaired) electrons. The summed E-state index contributed by atoms with van der Waals surface area (Å²) in [5, 5.41) is 0.0890. The lowest BCUT2D eigenvalue weighted by molar-refractivity contribution is -0.119. The van der Waals surface area contributed by atoms with Crippen LogP contribution in [0.25, 0.3) is 0 Å². The van der Waals surface area contributed by atoms with Crippen molar-refractivity contribution in [2.45, 2.75) is 19.3 Å². The number of halogens is 2. The van der Waals surface area contributed by atoms with Crippen molar-refractivity contribution in [1.29, 1.82) is 0 Å². The normalized spacial score (nSPS) is 15.6. The number of rotatable bonds is 3. The molecular formula is C11H10ClFO. The second-order valence-electron chi connectivity index (χ2n) is 3.63. The van der Waals surface area contributed by atoms with Gasteiger partial charge in [0.25, 0.3) is 0 Å². The summed E-state index contributed by atoms with van der Waals surface area (Å²) in [4.78, 5) is 11.4. The van der Waals surface area contributed by atoms with Crippen LogP contribution in [0.15, 0.2) is 18.2 Å². The highest BCUT2D eigenvalue weighted by atomic mass is 35.5.